The highest BCUT2D eigenvalue weighted by molar-refractivity contribution is 5.15. The molecule has 3 nitrogen and oxygen atoms in total. The van der Waals surface area contributed by atoms with Crippen LogP contribution >= 0.6 is 0 Å². The van der Waals surface area contributed by atoms with Crippen LogP contribution in [0.15, 0.2) is 0 Å². The highest BCUT2D eigenvalue weighted by Gasteiger charge is 2.65. The van der Waals surface area contributed by atoms with Gasteiger partial charge in [0, 0.05) is 12.0 Å². The van der Waals surface area contributed by atoms with E-state index < -0.39 is 5.60 Å². The number of rotatable bonds is 4. The Hall–Kier alpha value is -0.120. The van der Waals surface area contributed by atoms with E-state index in [4.69, 9.17) is 10.5 Å². The normalized spacial score (nSPS) is 45.9. The fraction of sp³-hybridized carbons (Fsp3) is 1.00. The van der Waals surface area contributed by atoms with Gasteiger partial charge in [0.1, 0.15) is 0 Å². The third kappa shape index (κ3) is 1.20. The lowest BCUT2D eigenvalue weighted by Gasteiger charge is -2.48. The summed E-state index contributed by atoms with van der Waals surface area (Å²) in [4.78, 5) is 0. The molecule has 1 saturated carbocycles. The molecule has 3 heteroatoms. The zero-order valence-corrected chi connectivity index (χ0v) is 10.1. The number of aliphatic hydroxyl groups is 1. The molecule has 0 radical (unpaired) electrons. The Balaban J connectivity index is 1.94. The molecule has 4 atom stereocenters. The second-order valence-corrected chi connectivity index (χ2v) is 5.94. The summed E-state index contributed by atoms with van der Waals surface area (Å²) in [7, 11) is 0. The number of hydrogen-bond donors (Lipinski definition) is 2. The third-order valence-corrected chi connectivity index (χ3v) is 5.33. The van der Waals surface area contributed by atoms with E-state index in [0.29, 0.717) is 18.6 Å². The summed E-state index contributed by atoms with van der Waals surface area (Å²) in [5.74, 6) is 0.476. The molecule has 0 aromatic carbocycles. The van der Waals surface area contributed by atoms with Crippen molar-refractivity contribution in [1.29, 1.82) is 0 Å². The van der Waals surface area contributed by atoms with Gasteiger partial charge in [0.2, 0.25) is 0 Å². The molecule has 3 rings (SSSR count). The Morgan fingerprint density at radius 1 is 1.38 bits per heavy atom. The van der Waals surface area contributed by atoms with Crippen LogP contribution in [-0.2, 0) is 4.74 Å². The molecule has 2 saturated heterocycles. The van der Waals surface area contributed by atoms with Crippen molar-refractivity contribution < 1.29 is 9.84 Å². The summed E-state index contributed by atoms with van der Waals surface area (Å²) >= 11 is 0. The summed E-state index contributed by atoms with van der Waals surface area (Å²) in [6.45, 7) is 2.68. The van der Waals surface area contributed by atoms with Crippen LogP contribution < -0.4 is 5.73 Å². The largest absolute Gasteiger partial charge is 0.389 e. The van der Waals surface area contributed by atoms with Crippen LogP contribution in [0.25, 0.3) is 0 Å². The van der Waals surface area contributed by atoms with Gasteiger partial charge < -0.3 is 15.6 Å². The van der Waals surface area contributed by atoms with Crippen LogP contribution in [-0.4, -0.2) is 29.5 Å². The lowest BCUT2D eigenvalue weighted by Crippen LogP contribution is -2.58. The van der Waals surface area contributed by atoms with Gasteiger partial charge in [-0.1, -0.05) is 6.92 Å². The van der Waals surface area contributed by atoms with Crippen molar-refractivity contribution in [2.75, 3.05) is 6.54 Å². The molecular formula is C13H23NO2. The maximum absolute atomic E-state index is 11.1. The molecule has 92 valence electrons. The van der Waals surface area contributed by atoms with Gasteiger partial charge in [0.05, 0.1) is 17.8 Å². The molecule has 3 fully saturated rings. The monoisotopic (exact) mass is 225 g/mol. The van der Waals surface area contributed by atoms with E-state index >= 15 is 0 Å². The fourth-order valence-electron chi connectivity index (χ4n) is 4.26. The van der Waals surface area contributed by atoms with E-state index in [9.17, 15) is 5.11 Å². The standard InChI is InChI=1S/C13H23NO2/c1-2-13(15,9-3-4-9)12(8-14)7-10-5-6-11(12)16-10/h9-11,15H,2-8,14H2,1H3. The number of fused-ring (bicyclic) bond motifs is 2. The molecule has 0 aromatic rings. The van der Waals surface area contributed by atoms with Crippen LogP contribution in [0.5, 0.6) is 0 Å². The highest BCUT2D eigenvalue weighted by Crippen LogP contribution is 2.60. The molecule has 2 bridgehead atoms. The Morgan fingerprint density at radius 3 is 2.50 bits per heavy atom. The minimum atomic E-state index is -0.568. The molecular weight excluding hydrogens is 202 g/mol. The summed E-state index contributed by atoms with van der Waals surface area (Å²) in [5.41, 5.74) is 5.33. The van der Waals surface area contributed by atoms with Crippen LogP contribution in [0, 0.1) is 11.3 Å². The van der Waals surface area contributed by atoms with E-state index in [2.05, 4.69) is 6.92 Å². The van der Waals surface area contributed by atoms with Crippen molar-refractivity contribution in [3.63, 3.8) is 0 Å². The minimum absolute atomic E-state index is 0.147. The van der Waals surface area contributed by atoms with Gasteiger partial charge in [-0.2, -0.15) is 0 Å². The molecule has 2 heterocycles. The molecule has 0 spiro atoms. The zero-order chi connectivity index (χ0) is 11.4. The first-order valence-corrected chi connectivity index (χ1v) is 6.74. The molecule has 1 aliphatic carbocycles. The van der Waals surface area contributed by atoms with E-state index in [1.807, 2.05) is 0 Å². The van der Waals surface area contributed by atoms with E-state index in [-0.39, 0.29) is 11.5 Å². The lowest BCUT2D eigenvalue weighted by molar-refractivity contribution is -0.128. The molecule has 16 heavy (non-hydrogen) atoms. The van der Waals surface area contributed by atoms with Crippen LogP contribution in [0.2, 0.25) is 0 Å². The van der Waals surface area contributed by atoms with Gasteiger partial charge in [0.15, 0.2) is 0 Å². The first kappa shape index (κ1) is 11.0. The van der Waals surface area contributed by atoms with Gasteiger partial charge >= 0.3 is 0 Å². The first-order chi connectivity index (χ1) is 7.66. The molecule has 2 aliphatic heterocycles. The predicted octanol–water partition coefficient (Wildman–Crippen LogP) is 1.43. The molecule has 0 aromatic heterocycles. The van der Waals surface area contributed by atoms with E-state index in [0.717, 1.165) is 25.7 Å². The van der Waals surface area contributed by atoms with Crippen molar-refractivity contribution in [2.24, 2.45) is 17.1 Å². The van der Waals surface area contributed by atoms with Gasteiger partial charge in [0.25, 0.3) is 0 Å². The number of nitrogens with two attached hydrogens (primary N) is 1. The predicted molar refractivity (Wildman–Crippen MR) is 62.0 cm³/mol. The van der Waals surface area contributed by atoms with Gasteiger partial charge in [-0.15, -0.1) is 0 Å². The van der Waals surface area contributed by atoms with Crippen LogP contribution in [0.4, 0.5) is 0 Å². The fourth-order valence-corrected chi connectivity index (χ4v) is 4.26. The number of hydrogen-bond acceptors (Lipinski definition) is 3. The minimum Gasteiger partial charge on any atom is -0.389 e. The van der Waals surface area contributed by atoms with E-state index in [1.165, 1.54) is 12.8 Å². The Morgan fingerprint density at radius 2 is 2.12 bits per heavy atom. The zero-order valence-electron chi connectivity index (χ0n) is 10.1. The molecule has 4 unspecified atom stereocenters. The van der Waals surface area contributed by atoms with Crippen molar-refractivity contribution >= 4 is 0 Å². The summed E-state index contributed by atoms with van der Waals surface area (Å²) in [6, 6.07) is 0. The Labute approximate surface area is 97.3 Å². The summed E-state index contributed by atoms with van der Waals surface area (Å²) in [5, 5.41) is 11.1. The van der Waals surface area contributed by atoms with Crippen molar-refractivity contribution in [3.8, 4) is 0 Å². The van der Waals surface area contributed by atoms with E-state index in [1.54, 1.807) is 0 Å². The average Bonchev–Trinajstić information content (AvgIpc) is 2.99. The van der Waals surface area contributed by atoms with Crippen molar-refractivity contribution in [3.05, 3.63) is 0 Å². The summed E-state index contributed by atoms with van der Waals surface area (Å²) < 4.78 is 5.97. The average molecular weight is 225 g/mol. The second-order valence-electron chi connectivity index (χ2n) is 5.94. The molecule has 3 aliphatic rings. The lowest BCUT2D eigenvalue weighted by atomic mass is 9.60. The van der Waals surface area contributed by atoms with Crippen LogP contribution in [0.1, 0.15) is 45.4 Å². The van der Waals surface area contributed by atoms with Crippen molar-refractivity contribution in [2.45, 2.75) is 63.3 Å². The Kier molecular flexibility index (Phi) is 2.36. The topological polar surface area (TPSA) is 55.5 Å². The summed E-state index contributed by atoms with van der Waals surface area (Å²) in [6.07, 6.45) is 6.98. The van der Waals surface area contributed by atoms with Crippen LogP contribution in [0.3, 0.4) is 0 Å². The maximum atomic E-state index is 11.1. The molecule has 3 N–H and O–H groups in total. The third-order valence-electron chi connectivity index (χ3n) is 5.33. The van der Waals surface area contributed by atoms with Gasteiger partial charge in [-0.3, -0.25) is 0 Å². The maximum Gasteiger partial charge on any atom is 0.0767 e. The van der Waals surface area contributed by atoms with Crippen molar-refractivity contribution in [1.82, 2.24) is 0 Å². The SMILES string of the molecule is CCC(O)(C1CC1)C1(CN)CC2CCC1O2. The van der Waals surface area contributed by atoms with Gasteiger partial charge in [-0.25, -0.2) is 0 Å². The smallest absolute Gasteiger partial charge is 0.0767 e. The first-order valence-electron chi connectivity index (χ1n) is 6.74. The molecule has 0 amide bonds. The quantitative estimate of drug-likeness (QED) is 0.761. The highest BCUT2D eigenvalue weighted by atomic mass is 16.5. The Bertz CT molecular complexity index is 292. The second kappa shape index (κ2) is 3.44. The van der Waals surface area contributed by atoms with Gasteiger partial charge in [-0.05, 0) is 44.4 Å². The number of ether oxygens (including phenoxy) is 1.